The van der Waals surface area contributed by atoms with E-state index in [4.69, 9.17) is 4.74 Å². The fraction of sp³-hybridized carbons (Fsp3) is 0.429. The highest BCUT2D eigenvalue weighted by Crippen LogP contribution is 2.21. The molecule has 0 bridgehead atoms. The summed E-state index contributed by atoms with van der Waals surface area (Å²) in [7, 11) is 5.07. The van der Waals surface area contributed by atoms with Crippen molar-refractivity contribution in [3.05, 3.63) is 29.8 Å². The molecule has 0 fully saturated rings. The fourth-order valence-electron chi connectivity index (χ4n) is 2.02. The number of imidazole rings is 1. The van der Waals surface area contributed by atoms with Crippen LogP contribution in [0.4, 0.5) is 0 Å². The maximum Gasteiger partial charge on any atom is 0.274 e. The van der Waals surface area contributed by atoms with Gasteiger partial charge in [-0.15, -0.1) is 0 Å². The minimum absolute atomic E-state index is 0.0897. The van der Waals surface area contributed by atoms with Gasteiger partial charge in [0.05, 0.1) is 12.6 Å². The highest BCUT2D eigenvalue weighted by atomic mass is 16.5. The van der Waals surface area contributed by atoms with Crippen LogP contribution in [0.25, 0.3) is 5.52 Å². The normalized spacial score (nSPS) is 10.7. The molecule has 1 amide bonds. The maximum atomic E-state index is 12.2. The number of nitrogens with zero attached hydrogens (tertiary/aromatic N) is 3. The van der Waals surface area contributed by atoms with E-state index in [1.807, 2.05) is 22.7 Å². The van der Waals surface area contributed by atoms with Crippen LogP contribution in [0.3, 0.4) is 0 Å². The van der Waals surface area contributed by atoms with Crippen molar-refractivity contribution < 1.29 is 9.53 Å². The van der Waals surface area contributed by atoms with Gasteiger partial charge in [0.25, 0.3) is 5.91 Å². The van der Waals surface area contributed by atoms with E-state index in [1.54, 1.807) is 21.2 Å². The lowest BCUT2D eigenvalue weighted by molar-refractivity contribution is 0.0824. The van der Waals surface area contributed by atoms with E-state index < -0.39 is 0 Å². The van der Waals surface area contributed by atoms with Gasteiger partial charge < -0.3 is 14.0 Å². The second-order valence-corrected chi connectivity index (χ2v) is 4.65. The summed E-state index contributed by atoms with van der Waals surface area (Å²) in [5, 5.41) is 0. The lowest BCUT2D eigenvalue weighted by Crippen LogP contribution is -2.22. The Balaban J connectivity index is 2.64. The largest absolute Gasteiger partial charge is 0.497 e. The highest BCUT2D eigenvalue weighted by Gasteiger charge is 2.19. The van der Waals surface area contributed by atoms with Crippen molar-refractivity contribution in [1.82, 2.24) is 14.3 Å². The van der Waals surface area contributed by atoms with E-state index in [-0.39, 0.29) is 5.91 Å². The molecule has 0 saturated heterocycles. The zero-order valence-corrected chi connectivity index (χ0v) is 11.8. The van der Waals surface area contributed by atoms with Crippen LogP contribution in [0.2, 0.25) is 0 Å². The number of hydrogen-bond acceptors (Lipinski definition) is 3. The first-order valence-corrected chi connectivity index (χ1v) is 6.35. The van der Waals surface area contributed by atoms with Gasteiger partial charge in [-0.25, -0.2) is 4.98 Å². The third-order valence-corrected chi connectivity index (χ3v) is 3.01. The Labute approximate surface area is 112 Å². The topological polar surface area (TPSA) is 46.8 Å². The number of fused-ring (bicyclic) bond motifs is 1. The number of carbonyl (C=O) groups excluding carboxylic acids is 1. The summed E-state index contributed by atoms with van der Waals surface area (Å²) in [6.07, 6.45) is 3.73. The number of rotatable bonds is 4. The Morgan fingerprint density at radius 2 is 2.21 bits per heavy atom. The van der Waals surface area contributed by atoms with Gasteiger partial charge in [0.15, 0.2) is 5.69 Å². The molecule has 5 heteroatoms. The van der Waals surface area contributed by atoms with Crippen LogP contribution in [0.5, 0.6) is 5.75 Å². The van der Waals surface area contributed by atoms with Gasteiger partial charge in [0.2, 0.25) is 0 Å². The van der Waals surface area contributed by atoms with Gasteiger partial charge in [-0.3, -0.25) is 4.79 Å². The Morgan fingerprint density at radius 3 is 2.79 bits per heavy atom. The van der Waals surface area contributed by atoms with E-state index in [2.05, 4.69) is 11.9 Å². The Morgan fingerprint density at radius 1 is 1.47 bits per heavy atom. The standard InChI is InChI=1S/C14H19N3O2/c1-5-6-12-15-13(14(18)16(2)3)11-9-10(19-4)7-8-17(11)12/h7-9H,5-6H2,1-4H3. The van der Waals surface area contributed by atoms with Crippen molar-refractivity contribution in [3.63, 3.8) is 0 Å². The van der Waals surface area contributed by atoms with Gasteiger partial charge >= 0.3 is 0 Å². The first-order valence-electron chi connectivity index (χ1n) is 6.35. The molecule has 0 spiro atoms. The SMILES string of the molecule is CCCc1nc(C(=O)N(C)C)c2cc(OC)ccn12. The number of ether oxygens (including phenoxy) is 1. The first-order chi connectivity index (χ1) is 9.08. The molecule has 2 rings (SSSR count). The van der Waals surface area contributed by atoms with Crippen LogP contribution >= 0.6 is 0 Å². The molecule has 0 atom stereocenters. The summed E-state index contributed by atoms with van der Waals surface area (Å²) >= 11 is 0. The van der Waals surface area contributed by atoms with Crippen molar-refractivity contribution >= 4 is 11.4 Å². The van der Waals surface area contributed by atoms with Gasteiger partial charge in [0, 0.05) is 32.8 Å². The molecule has 0 aromatic carbocycles. The van der Waals surface area contributed by atoms with Crippen molar-refractivity contribution in [2.24, 2.45) is 0 Å². The summed E-state index contributed by atoms with van der Waals surface area (Å²) in [5.41, 5.74) is 1.27. The molecule has 0 saturated carbocycles. The summed E-state index contributed by atoms with van der Waals surface area (Å²) < 4.78 is 7.18. The smallest absolute Gasteiger partial charge is 0.274 e. The second-order valence-electron chi connectivity index (χ2n) is 4.65. The number of aromatic nitrogens is 2. The Hall–Kier alpha value is -2.04. The monoisotopic (exact) mass is 261 g/mol. The molecule has 0 N–H and O–H groups in total. The molecule has 5 nitrogen and oxygen atoms in total. The summed E-state index contributed by atoms with van der Waals surface area (Å²) in [4.78, 5) is 18.2. The van der Waals surface area contributed by atoms with Crippen LogP contribution < -0.4 is 4.74 Å². The number of hydrogen-bond donors (Lipinski definition) is 0. The molecule has 0 aliphatic carbocycles. The summed E-state index contributed by atoms with van der Waals surface area (Å²) in [6, 6.07) is 3.72. The predicted molar refractivity (Wildman–Crippen MR) is 73.8 cm³/mol. The molecule has 2 aromatic rings. The molecule has 2 aromatic heterocycles. The van der Waals surface area contributed by atoms with E-state index in [0.717, 1.165) is 29.9 Å². The van der Waals surface area contributed by atoms with E-state index in [9.17, 15) is 4.79 Å². The molecular weight excluding hydrogens is 242 g/mol. The number of amides is 1. The summed E-state index contributed by atoms with van der Waals surface area (Å²) in [6.45, 7) is 2.10. The number of aryl methyl sites for hydroxylation is 1. The molecule has 0 unspecified atom stereocenters. The van der Waals surface area contributed by atoms with Crippen molar-refractivity contribution in [3.8, 4) is 5.75 Å². The average Bonchev–Trinajstić information content (AvgIpc) is 2.76. The summed E-state index contributed by atoms with van der Waals surface area (Å²) in [5.74, 6) is 1.54. The third kappa shape index (κ3) is 2.41. The minimum atomic E-state index is -0.0897. The fourth-order valence-corrected chi connectivity index (χ4v) is 2.02. The quantitative estimate of drug-likeness (QED) is 0.845. The average molecular weight is 261 g/mol. The van der Waals surface area contributed by atoms with E-state index in [0.29, 0.717) is 5.69 Å². The molecule has 102 valence electrons. The van der Waals surface area contributed by atoms with Crippen molar-refractivity contribution in [2.45, 2.75) is 19.8 Å². The Kier molecular flexibility index (Phi) is 3.74. The lowest BCUT2D eigenvalue weighted by Gasteiger charge is -2.08. The highest BCUT2D eigenvalue weighted by molar-refractivity contribution is 5.99. The molecule has 19 heavy (non-hydrogen) atoms. The third-order valence-electron chi connectivity index (χ3n) is 3.01. The van der Waals surface area contributed by atoms with E-state index >= 15 is 0 Å². The number of pyridine rings is 1. The van der Waals surface area contributed by atoms with Crippen molar-refractivity contribution in [1.29, 1.82) is 0 Å². The number of methoxy groups -OCH3 is 1. The van der Waals surface area contributed by atoms with Gasteiger partial charge in [-0.2, -0.15) is 0 Å². The van der Waals surface area contributed by atoms with Crippen LogP contribution in [0, 0.1) is 0 Å². The van der Waals surface area contributed by atoms with Crippen molar-refractivity contribution in [2.75, 3.05) is 21.2 Å². The predicted octanol–water partition coefficient (Wildman–Crippen LogP) is 2.00. The lowest BCUT2D eigenvalue weighted by atomic mass is 10.3. The van der Waals surface area contributed by atoms with Gasteiger partial charge in [-0.1, -0.05) is 6.92 Å². The van der Waals surface area contributed by atoms with Crippen LogP contribution in [0.1, 0.15) is 29.7 Å². The second kappa shape index (κ2) is 5.30. The molecule has 0 aliphatic heterocycles. The number of carbonyl (C=O) groups is 1. The van der Waals surface area contributed by atoms with Crippen LogP contribution in [-0.2, 0) is 6.42 Å². The van der Waals surface area contributed by atoms with Gasteiger partial charge in [0.1, 0.15) is 11.6 Å². The minimum Gasteiger partial charge on any atom is -0.497 e. The molecular formula is C14H19N3O2. The van der Waals surface area contributed by atoms with Crippen LogP contribution in [-0.4, -0.2) is 41.4 Å². The first kappa shape index (κ1) is 13.4. The molecule has 2 heterocycles. The molecule has 0 aliphatic rings. The van der Waals surface area contributed by atoms with Crippen LogP contribution in [0.15, 0.2) is 18.3 Å². The van der Waals surface area contributed by atoms with E-state index in [1.165, 1.54) is 4.90 Å². The Bertz CT molecular complexity index is 602. The zero-order valence-electron chi connectivity index (χ0n) is 11.8. The molecule has 0 radical (unpaired) electrons. The maximum absolute atomic E-state index is 12.2. The zero-order chi connectivity index (χ0) is 14.0. The van der Waals surface area contributed by atoms with Gasteiger partial charge in [-0.05, 0) is 12.5 Å².